The summed E-state index contributed by atoms with van der Waals surface area (Å²) in [5.74, 6) is 0.673. The van der Waals surface area contributed by atoms with E-state index in [0.29, 0.717) is 30.1 Å². The van der Waals surface area contributed by atoms with E-state index in [1.807, 2.05) is 13.8 Å². The van der Waals surface area contributed by atoms with E-state index in [2.05, 4.69) is 11.9 Å². The lowest BCUT2D eigenvalue weighted by molar-refractivity contribution is -0.116. The molecule has 6 nitrogen and oxygen atoms in total. The Kier molecular flexibility index (Phi) is 7.07. The van der Waals surface area contributed by atoms with Gasteiger partial charge in [-0.1, -0.05) is 19.4 Å². The van der Waals surface area contributed by atoms with Crippen LogP contribution in [0, 0.1) is 13.8 Å². The molecule has 2 aromatic rings. The first kappa shape index (κ1) is 21.8. The maximum absolute atomic E-state index is 13.4. The Morgan fingerprint density at radius 2 is 1.89 bits per heavy atom. The Morgan fingerprint density at radius 3 is 2.43 bits per heavy atom. The van der Waals surface area contributed by atoms with Gasteiger partial charge in [-0.15, -0.1) is 6.58 Å². The van der Waals surface area contributed by atoms with Gasteiger partial charge in [0.05, 0.1) is 12.0 Å². The minimum atomic E-state index is -3.84. The minimum Gasteiger partial charge on any atom is -0.497 e. The molecule has 28 heavy (non-hydrogen) atoms. The Morgan fingerprint density at radius 1 is 1.25 bits per heavy atom. The minimum absolute atomic E-state index is 0.127. The number of anilines is 1. The van der Waals surface area contributed by atoms with Crippen LogP contribution in [-0.4, -0.2) is 26.0 Å². The highest BCUT2D eigenvalue weighted by Crippen LogP contribution is 2.36. The zero-order valence-corrected chi connectivity index (χ0v) is 17.7. The van der Waals surface area contributed by atoms with Crippen molar-refractivity contribution in [2.45, 2.75) is 56.4 Å². The van der Waals surface area contributed by atoms with Gasteiger partial charge in [0, 0.05) is 18.7 Å². The second kappa shape index (κ2) is 9.10. The first-order valence-corrected chi connectivity index (χ1v) is 10.8. The molecule has 0 atom stereocenters. The van der Waals surface area contributed by atoms with E-state index in [9.17, 15) is 13.2 Å². The van der Waals surface area contributed by atoms with Crippen LogP contribution in [-0.2, 0) is 21.2 Å². The van der Waals surface area contributed by atoms with Crippen LogP contribution < -0.4 is 10.1 Å². The van der Waals surface area contributed by atoms with Gasteiger partial charge in [0.25, 0.3) is 0 Å². The van der Waals surface area contributed by atoms with Crippen LogP contribution in [0.3, 0.4) is 0 Å². The lowest BCUT2D eigenvalue weighted by Gasteiger charge is -2.13. The molecule has 0 spiro atoms. The Balaban J connectivity index is 2.61. The smallest absolute Gasteiger partial charge is 0.225 e. The van der Waals surface area contributed by atoms with Crippen molar-refractivity contribution in [3.8, 4) is 5.75 Å². The van der Waals surface area contributed by atoms with Gasteiger partial charge in [0.2, 0.25) is 15.7 Å². The summed E-state index contributed by atoms with van der Waals surface area (Å²) in [5.41, 5.74) is 1.39. The molecule has 0 aliphatic carbocycles. The van der Waals surface area contributed by atoms with Crippen LogP contribution >= 0.6 is 0 Å². The van der Waals surface area contributed by atoms with Crippen LogP contribution in [0.4, 0.5) is 5.82 Å². The van der Waals surface area contributed by atoms with Gasteiger partial charge < -0.3 is 14.6 Å². The molecular formula is C21H28N2O4S. The monoisotopic (exact) mass is 404 g/mol. The van der Waals surface area contributed by atoms with E-state index < -0.39 is 9.84 Å². The summed E-state index contributed by atoms with van der Waals surface area (Å²) < 4.78 is 33.7. The molecule has 0 aliphatic rings. The van der Waals surface area contributed by atoms with Crippen LogP contribution in [0.15, 0.2) is 46.7 Å². The fraction of sp³-hybridized carbons (Fsp3) is 0.381. The molecule has 2 rings (SSSR count). The zero-order valence-electron chi connectivity index (χ0n) is 16.9. The van der Waals surface area contributed by atoms with Crippen molar-refractivity contribution in [2.75, 3.05) is 12.4 Å². The van der Waals surface area contributed by atoms with Gasteiger partial charge in [-0.3, -0.25) is 4.79 Å². The standard InChI is InChI=1S/C21H28N2O4S/c1-6-8-9-19(24)22-21-20(15(3)16(4)23(21)14-7-2)28(25,26)18-12-10-17(27-5)11-13-18/h7,10-13H,2,6,8-9,14H2,1,3-5H3,(H,22,24). The van der Waals surface area contributed by atoms with Gasteiger partial charge in [-0.2, -0.15) is 0 Å². The number of sulfone groups is 1. The number of carbonyl (C=O) groups excluding carboxylic acids is 1. The third-order valence-corrected chi connectivity index (χ3v) is 6.67. The van der Waals surface area contributed by atoms with Gasteiger partial charge in [0.15, 0.2) is 0 Å². The van der Waals surface area contributed by atoms with Crippen LogP contribution in [0.5, 0.6) is 5.75 Å². The van der Waals surface area contributed by atoms with E-state index in [1.165, 1.54) is 19.2 Å². The van der Waals surface area contributed by atoms with Crippen LogP contribution in [0.1, 0.15) is 37.4 Å². The van der Waals surface area contributed by atoms with Crippen LogP contribution in [0.25, 0.3) is 0 Å². The van der Waals surface area contributed by atoms with Crippen molar-refractivity contribution in [1.82, 2.24) is 4.57 Å². The number of hydrogen-bond acceptors (Lipinski definition) is 4. The predicted molar refractivity (Wildman–Crippen MR) is 111 cm³/mol. The number of rotatable bonds is 9. The largest absolute Gasteiger partial charge is 0.497 e. The van der Waals surface area contributed by atoms with Gasteiger partial charge in [0.1, 0.15) is 16.5 Å². The quantitative estimate of drug-likeness (QED) is 0.634. The topological polar surface area (TPSA) is 77.4 Å². The highest BCUT2D eigenvalue weighted by atomic mass is 32.2. The fourth-order valence-electron chi connectivity index (χ4n) is 3.05. The Hall–Kier alpha value is -2.54. The molecule has 7 heteroatoms. The second-order valence-electron chi connectivity index (χ2n) is 6.62. The summed E-state index contributed by atoms with van der Waals surface area (Å²) in [6, 6.07) is 6.23. The lowest BCUT2D eigenvalue weighted by atomic mass is 10.2. The summed E-state index contributed by atoms with van der Waals surface area (Å²) in [5, 5.41) is 2.83. The second-order valence-corrected chi connectivity index (χ2v) is 8.50. The summed E-state index contributed by atoms with van der Waals surface area (Å²) in [6.07, 6.45) is 3.65. The van der Waals surface area contributed by atoms with Crippen molar-refractivity contribution >= 4 is 21.6 Å². The number of allylic oxidation sites excluding steroid dienone is 1. The number of benzene rings is 1. The number of nitrogens with zero attached hydrogens (tertiary/aromatic N) is 1. The molecule has 0 saturated carbocycles. The molecule has 1 aromatic carbocycles. The lowest BCUT2D eigenvalue weighted by Crippen LogP contribution is -2.17. The van der Waals surface area contributed by atoms with Crippen molar-refractivity contribution in [1.29, 1.82) is 0 Å². The Bertz CT molecular complexity index is 957. The summed E-state index contributed by atoms with van der Waals surface area (Å²) >= 11 is 0. The maximum atomic E-state index is 13.4. The van der Waals surface area contributed by atoms with Gasteiger partial charge in [-0.25, -0.2) is 8.42 Å². The SMILES string of the molecule is C=CCn1c(C)c(C)c(S(=O)(=O)c2ccc(OC)cc2)c1NC(=O)CCCC. The highest BCUT2D eigenvalue weighted by molar-refractivity contribution is 7.91. The molecule has 1 aromatic heterocycles. The Labute approximate surface area is 167 Å². The summed E-state index contributed by atoms with van der Waals surface area (Å²) in [6.45, 7) is 9.74. The number of amides is 1. The number of aromatic nitrogens is 1. The molecule has 0 fully saturated rings. The van der Waals surface area contributed by atoms with Crippen molar-refractivity contribution in [3.05, 3.63) is 48.2 Å². The molecule has 0 aliphatic heterocycles. The number of unbranched alkanes of at least 4 members (excludes halogenated alkanes) is 1. The third-order valence-electron chi connectivity index (χ3n) is 4.74. The first-order valence-electron chi connectivity index (χ1n) is 9.27. The molecule has 1 amide bonds. The number of methoxy groups -OCH3 is 1. The number of nitrogens with one attached hydrogen (secondary N) is 1. The van der Waals surface area contributed by atoms with Crippen molar-refractivity contribution in [2.24, 2.45) is 0 Å². The molecular weight excluding hydrogens is 376 g/mol. The highest BCUT2D eigenvalue weighted by Gasteiger charge is 2.30. The summed E-state index contributed by atoms with van der Waals surface area (Å²) in [4.78, 5) is 12.7. The third kappa shape index (κ3) is 4.30. The molecule has 0 bridgehead atoms. The first-order chi connectivity index (χ1) is 13.3. The normalized spacial score (nSPS) is 11.3. The zero-order chi connectivity index (χ0) is 20.9. The fourth-order valence-corrected chi connectivity index (χ4v) is 4.75. The van der Waals surface area contributed by atoms with E-state index in [4.69, 9.17) is 4.74 Å². The average Bonchev–Trinajstić information content (AvgIpc) is 2.91. The molecule has 0 saturated heterocycles. The molecule has 0 radical (unpaired) electrons. The number of hydrogen-bond donors (Lipinski definition) is 1. The van der Waals surface area contributed by atoms with Crippen LogP contribution in [0.2, 0.25) is 0 Å². The molecule has 1 N–H and O–H groups in total. The van der Waals surface area contributed by atoms with Gasteiger partial charge in [-0.05, 0) is 50.1 Å². The van der Waals surface area contributed by atoms with Crippen molar-refractivity contribution < 1.29 is 17.9 Å². The summed E-state index contributed by atoms with van der Waals surface area (Å²) in [7, 11) is -2.31. The van der Waals surface area contributed by atoms with E-state index in [1.54, 1.807) is 29.7 Å². The molecule has 152 valence electrons. The number of ether oxygens (including phenoxy) is 1. The molecule has 1 heterocycles. The predicted octanol–water partition coefficient (Wildman–Crippen LogP) is 4.26. The van der Waals surface area contributed by atoms with Crippen molar-refractivity contribution in [3.63, 3.8) is 0 Å². The van der Waals surface area contributed by atoms with E-state index >= 15 is 0 Å². The van der Waals surface area contributed by atoms with E-state index in [0.717, 1.165) is 18.5 Å². The number of carbonyl (C=O) groups is 1. The van der Waals surface area contributed by atoms with E-state index in [-0.39, 0.29) is 15.7 Å². The average molecular weight is 405 g/mol. The molecule has 0 unspecified atom stereocenters. The van der Waals surface area contributed by atoms with Gasteiger partial charge >= 0.3 is 0 Å². The maximum Gasteiger partial charge on any atom is 0.225 e.